The quantitative estimate of drug-likeness (QED) is 0.821. The van der Waals surface area contributed by atoms with Crippen molar-refractivity contribution in [1.82, 2.24) is 9.88 Å². The average Bonchev–Trinajstić information content (AvgIpc) is 2.73. The molecule has 0 radical (unpaired) electrons. The van der Waals surface area contributed by atoms with Gasteiger partial charge in [0.15, 0.2) is 5.78 Å². The fraction of sp³-hybridized carbons (Fsp3) is 0.625. The van der Waals surface area contributed by atoms with E-state index in [9.17, 15) is 9.59 Å². The molecule has 2 rings (SSSR count). The van der Waals surface area contributed by atoms with Crippen molar-refractivity contribution < 1.29 is 9.59 Å². The van der Waals surface area contributed by atoms with Crippen LogP contribution in [0.1, 0.15) is 68.4 Å². The SMILES string of the molecule is CC(=O)c1ccc(C(=O)N2C(C)(C)CC(N)CC2(C)C)[nH]1. The molecule has 116 valence electrons. The molecule has 1 aromatic heterocycles. The first-order chi connectivity index (χ1) is 9.54. The van der Waals surface area contributed by atoms with Gasteiger partial charge in [-0.15, -0.1) is 0 Å². The highest BCUT2D eigenvalue weighted by atomic mass is 16.2. The van der Waals surface area contributed by atoms with Crippen molar-refractivity contribution in [1.29, 1.82) is 0 Å². The van der Waals surface area contributed by atoms with Crippen molar-refractivity contribution >= 4 is 11.7 Å². The van der Waals surface area contributed by atoms with E-state index in [0.717, 1.165) is 12.8 Å². The largest absolute Gasteiger partial charge is 0.348 e. The zero-order valence-electron chi connectivity index (χ0n) is 13.5. The number of carbonyl (C=O) groups is 2. The highest BCUT2D eigenvalue weighted by Gasteiger charge is 2.47. The van der Waals surface area contributed by atoms with Crippen LogP contribution in [0.4, 0.5) is 0 Å². The number of aromatic nitrogens is 1. The third-order valence-corrected chi connectivity index (χ3v) is 4.23. The molecule has 5 heteroatoms. The number of nitrogens with two attached hydrogens (primary N) is 1. The fourth-order valence-corrected chi connectivity index (χ4v) is 3.75. The molecule has 0 aliphatic carbocycles. The molecule has 1 aliphatic rings. The van der Waals surface area contributed by atoms with Crippen LogP contribution in [0.5, 0.6) is 0 Å². The molecule has 0 atom stereocenters. The van der Waals surface area contributed by atoms with Crippen molar-refractivity contribution in [3.63, 3.8) is 0 Å². The summed E-state index contributed by atoms with van der Waals surface area (Å²) in [4.78, 5) is 29.1. The van der Waals surface area contributed by atoms with Gasteiger partial charge in [-0.25, -0.2) is 0 Å². The average molecular weight is 291 g/mol. The summed E-state index contributed by atoms with van der Waals surface area (Å²) in [5.74, 6) is -0.155. The van der Waals surface area contributed by atoms with E-state index >= 15 is 0 Å². The molecule has 5 nitrogen and oxygen atoms in total. The molecule has 1 aliphatic heterocycles. The predicted molar refractivity (Wildman–Crippen MR) is 82.3 cm³/mol. The topological polar surface area (TPSA) is 79.2 Å². The minimum absolute atomic E-state index is 0.0757. The number of hydrogen-bond donors (Lipinski definition) is 2. The number of likely N-dealkylation sites (tertiary alicyclic amines) is 1. The minimum atomic E-state index is -0.320. The molecular formula is C16H25N3O2. The Bertz CT molecular complexity index is 554. The molecule has 3 N–H and O–H groups in total. The van der Waals surface area contributed by atoms with Crippen molar-refractivity contribution in [2.75, 3.05) is 0 Å². The lowest BCUT2D eigenvalue weighted by Gasteiger charge is -2.54. The number of hydrogen-bond acceptors (Lipinski definition) is 3. The lowest BCUT2D eigenvalue weighted by molar-refractivity contribution is -0.0176. The van der Waals surface area contributed by atoms with Crippen molar-refractivity contribution in [2.45, 2.75) is 64.6 Å². The number of nitrogens with one attached hydrogen (secondary N) is 1. The van der Waals surface area contributed by atoms with Gasteiger partial charge in [-0.2, -0.15) is 0 Å². The molecule has 21 heavy (non-hydrogen) atoms. The first-order valence-electron chi connectivity index (χ1n) is 7.35. The molecule has 0 aromatic carbocycles. The van der Waals surface area contributed by atoms with Crippen LogP contribution >= 0.6 is 0 Å². The van der Waals surface area contributed by atoms with Crippen molar-refractivity contribution in [2.24, 2.45) is 5.73 Å². The van der Waals surface area contributed by atoms with E-state index in [2.05, 4.69) is 4.98 Å². The maximum absolute atomic E-state index is 12.9. The molecule has 1 amide bonds. The second-order valence-electron chi connectivity index (χ2n) is 7.28. The monoisotopic (exact) mass is 291 g/mol. The summed E-state index contributed by atoms with van der Waals surface area (Å²) in [6, 6.07) is 3.43. The van der Waals surface area contributed by atoms with Crippen LogP contribution in [0.3, 0.4) is 0 Å². The summed E-state index contributed by atoms with van der Waals surface area (Å²) in [7, 11) is 0. The molecule has 1 aromatic rings. The van der Waals surface area contributed by atoms with Crippen LogP contribution < -0.4 is 5.73 Å². The first kappa shape index (κ1) is 15.8. The minimum Gasteiger partial charge on any atom is -0.348 e. The Morgan fingerprint density at radius 3 is 2.05 bits per heavy atom. The number of H-pyrrole nitrogens is 1. The van der Waals surface area contributed by atoms with E-state index in [4.69, 9.17) is 5.73 Å². The normalized spacial score (nSPS) is 21.3. The number of aromatic amines is 1. The van der Waals surface area contributed by atoms with Crippen LogP contribution in [0.25, 0.3) is 0 Å². The highest BCUT2D eigenvalue weighted by molar-refractivity contribution is 5.97. The molecule has 0 saturated carbocycles. The number of rotatable bonds is 2. The maximum atomic E-state index is 12.9. The summed E-state index contributed by atoms with van der Waals surface area (Å²) in [6.07, 6.45) is 1.53. The number of piperidine rings is 1. The first-order valence-corrected chi connectivity index (χ1v) is 7.35. The van der Waals surface area contributed by atoms with E-state index in [0.29, 0.717) is 11.4 Å². The lowest BCUT2D eigenvalue weighted by Crippen LogP contribution is -2.65. The molecule has 1 saturated heterocycles. The summed E-state index contributed by atoms with van der Waals surface area (Å²) in [5, 5.41) is 0. The zero-order valence-corrected chi connectivity index (χ0v) is 13.5. The second kappa shape index (κ2) is 4.98. The summed E-state index contributed by atoms with van der Waals surface area (Å²) < 4.78 is 0. The van der Waals surface area contributed by atoms with Gasteiger partial charge in [-0.1, -0.05) is 0 Å². The van der Waals surface area contributed by atoms with Crippen LogP contribution in [-0.2, 0) is 0 Å². The van der Waals surface area contributed by atoms with Crippen molar-refractivity contribution in [3.8, 4) is 0 Å². The van der Waals surface area contributed by atoms with Gasteiger partial charge in [-0.05, 0) is 52.7 Å². The number of nitrogens with zero attached hydrogens (tertiary/aromatic N) is 1. The van der Waals surface area contributed by atoms with Gasteiger partial charge in [0.25, 0.3) is 5.91 Å². The van der Waals surface area contributed by atoms with Gasteiger partial charge >= 0.3 is 0 Å². The fourth-order valence-electron chi connectivity index (χ4n) is 3.75. The standard InChI is InChI=1S/C16H25N3O2/c1-10(20)12-6-7-13(18-12)14(21)19-15(2,3)8-11(17)9-16(19,4)5/h6-7,11,18H,8-9,17H2,1-5H3. The molecular weight excluding hydrogens is 266 g/mol. The molecule has 0 spiro atoms. The van der Waals surface area contributed by atoms with Crippen LogP contribution in [0.2, 0.25) is 0 Å². The molecule has 2 heterocycles. The van der Waals surface area contributed by atoms with Crippen LogP contribution in [-0.4, -0.2) is 38.7 Å². The van der Waals surface area contributed by atoms with Gasteiger partial charge < -0.3 is 15.6 Å². The maximum Gasteiger partial charge on any atom is 0.271 e. The number of Topliss-reactive ketones (excluding diaryl/α,β-unsaturated/α-hetero) is 1. The summed E-state index contributed by atoms with van der Waals surface area (Å²) in [5.41, 5.74) is 6.42. The van der Waals surface area contributed by atoms with Gasteiger partial charge in [0, 0.05) is 24.0 Å². The third-order valence-electron chi connectivity index (χ3n) is 4.23. The number of carbonyl (C=O) groups excluding carboxylic acids is 2. The van der Waals surface area contributed by atoms with Crippen LogP contribution in [0, 0.1) is 0 Å². The third kappa shape index (κ3) is 2.88. The van der Waals surface area contributed by atoms with E-state index in [1.165, 1.54) is 6.92 Å². The number of ketones is 1. The van der Waals surface area contributed by atoms with E-state index in [-0.39, 0.29) is 28.8 Å². The second-order valence-corrected chi connectivity index (χ2v) is 7.28. The van der Waals surface area contributed by atoms with Gasteiger partial charge in [0.1, 0.15) is 5.69 Å². The molecule has 0 bridgehead atoms. The highest BCUT2D eigenvalue weighted by Crippen LogP contribution is 2.38. The zero-order chi connectivity index (χ0) is 16.0. The summed E-state index contributed by atoms with van der Waals surface area (Å²) in [6.45, 7) is 9.65. The smallest absolute Gasteiger partial charge is 0.271 e. The van der Waals surface area contributed by atoms with E-state index in [1.807, 2.05) is 32.6 Å². The van der Waals surface area contributed by atoms with E-state index in [1.54, 1.807) is 12.1 Å². The lowest BCUT2D eigenvalue weighted by atomic mass is 9.77. The van der Waals surface area contributed by atoms with Crippen LogP contribution in [0.15, 0.2) is 12.1 Å². The Balaban J connectivity index is 2.37. The van der Waals surface area contributed by atoms with Gasteiger partial charge in [-0.3, -0.25) is 9.59 Å². The Kier molecular flexibility index (Phi) is 3.74. The number of amides is 1. The molecule has 1 fully saturated rings. The van der Waals surface area contributed by atoms with Crippen molar-refractivity contribution in [3.05, 3.63) is 23.5 Å². The van der Waals surface area contributed by atoms with Gasteiger partial charge in [0.2, 0.25) is 0 Å². The predicted octanol–water partition coefficient (Wildman–Crippen LogP) is 2.34. The Hall–Kier alpha value is -1.62. The Morgan fingerprint density at radius 2 is 1.62 bits per heavy atom. The Labute approximate surface area is 125 Å². The van der Waals surface area contributed by atoms with Gasteiger partial charge in [0.05, 0.1) is 5.69 Å². The Morgan fingerprint density at radius 1 is 1.14 bits per heavy atom. The molecule has 0 unspecified atom stereocenters. The van der Waals surface area contributed by atoms with E-state index < -0.39 is 0 Å². The summed E-state index contributed by atoms with van der Waals surface area (Å²) >= 11 is 0.